The van der Waals surface area contributed by atoms with Crippen LogP contribution in [0.3, 0.4) is 0 Å². The maximum absolute atomic E-state index is 12.0. The fourth-order valence-corrected chi connectivity index (χ4v) is 2.76. The Bertz CT molecular complexity index is 506. The van der Waals surface area contributed by atoms with Gasteiger partial charge in [0.15, 0.2) is 5.94 Å². The highest BCUT2D eigenvalue weighted by Gasteiger charge is 2.23. The van der Waals surface area contributed by atoms with Gasteiger partial charge >= 0.3 is 0 Å². The quantitative estimate of drug-likeness (QED) is 0.814. The molecule has 0 heterocycles. The summed E-state index contributed by atoms with van der Waals surface area (Å²) in [6.45, 7) is 2.40. The van der Waals surface area contributed by atoms with E-state index in [-0.39, 0.29) is 10.8 Å². The van der Waals surface area contributed by atoms with Crippen LogP contribution in [0.25, 0.3) is 0 Å². The zero-order chi connectivity index (χ0) is 12.5. The third-order valence-electron chi connectivity index (χ3n) is 2.79. The van der Waals surface area contributed by atoms with Gasteiger partial charge in [-0.05, 0) is 43.4 Å². The summed E-state index contributed by atoms with van der Waals surface area (Å²) in [7, 11) is -3.42. The van der Waals surface area contributed by atoms with Crippen LogP contribution >= 0.6 is 0 Å². The van der Waals surface area contributed by atoms with Crippen molar-refractivity contribution in [3.8, 4) is 0 Å². The number of sulfone groups is 1. The molecular weight excluding hydrogens is 238 g/mol. The Kier molecular flexibility index (Phi) is 3.40. The molecule has 5 heteroatoms. The van der Waals surface area contributed by atoms with Gasteiger partial charge in [-0.25, -0.2) is 8.42 Å². The predicted octanol–water partition coefficient (Wildman–Crippen LogP) is 1.74. The third kappa shape index (κ3) is 3.20. The number of nitrogen functional groups attached to an aromatic ring is 1. The number of rotatable bonds is 5. The Morgan fingerprint density at radius 3 is 2.71 bits per heavy atom. The van der Waals surface area contributed by atoms with E-state index in [1.807, 2.05) is 6.92 Å². The van der Waals surface area contributed by atoms with E-state index in [2.05, 4.69) is 0 Å². The maximum atomic E-state index is 12.0. The Balaban J connectivity index is 2.07. The lowest BCUT2D eigenvalue weighted by atomic mass is 10.2. The lowest BCUT2D eigenvalue weighted by Crippen LogP contribution is -2.13. The Morgan fingerprint density at radius 2 is 2.12 bits per heavy atom. The van der Waals surface area contributed by atoms with Crippen LogP contribution in [0, 0.1) is 12.8 Å². The first-order valence-corrected chi connectivity index (χ1v) is 7.31. The third-order valence-corrected chi connectivity index (χ3v) is 4.31. The molecule has 2 N–H and O–H groups in total. The molecule has 0 spiro atoms. The van der Waals surface area contributed by atoms with Gasteiger partial charge in [-0.15, -0.1) is 0 Å². The zero-order valence-corrected chi connectivity index (χ0v) is 10.7. The van der Waals surface area contributed by atoms with Crippen LogP contribution in [0.15, 0.2) is 23.1 Å². The van der Waals surface area contributed by atoms with Crippen LogP contribution in [0.5, 0.6) is 0 Å². The number of ether oxygens (including phenoxy) is 1. The van der Waals surface area contributed by atoms with Crippen LogP contribution in [0.4, 0.5) is 5.69 Å². The maximum Gasteiger partial charge on any atom is 0.204 e. The summed E-state index contributed by atoms with van der Waals surface area (Å²) < 4.78 is 29.1. The molecule has 0 amide bonds. The Hall–Kier alpha value is -1.07. The van der Waals surface area contributed by atoms with Crippen molar-refractivity contribution < 1.29 is 13.2 Å². The monoisotopic (exact) mass is 255 g/mol. The van der Waals surface area contributed by atoms with Gasteiger partial charge < -0.3 is 10.5 Å². The molecule has 0 unspecified atom stereocenters. The van der Waals surface area contributed by atoms with Crippen molar-refractivity contribution in [2.24, 2.45) is 5.92 Å². The summed E-state index contributed by atoms with van der Waals surface area (Å²) >= 11 is 0. The molecule has 0 aromatic heterocycles. The van der Waals surface area contributed by atoms with E-state index in [1.54, 1.807) is 18.2 Å². The number of hydrogen-bond acceptors (Lipinski definition) is 4. The second-order valence-corrected chi connectivity index (χ2v) is 6.49. The van der Waals surface area contributed by atoms with Crippen molar-refractivity contribution in [2.75, 3.05) is 18.3 Å². The summed E-state index contributed by atoms with van der Waals surface area (Å²) in [5.41, 5.74) is 6.95. The first kappa shape index (κ1) is 12.4. The van der Waals surface area contributed by atoms with Crippen molar-refractivity contribution >= 4 is 15.5 Å². The minimum atomic E-state index is -3.42. The molecule has 0 atom stereocenters. The summed E-state index contributed by atoms with van der Waals surface area (Å²) in [4.78, 5) is 0.166. The Labute approximate surface area is 102 Å². The number of benzene rings is 1. The van der Waals surface area contributed by atoms with Crippen molar-refractivity contribution in [3.63, 3.8) is 0 Å². The second kappa shape index (κ2) is 4.66. The SMILES string of the molecule is Cc1ccc(S(=O)(=O)COCC2CC2)c(N)c1. The molecule has 1 aromatic carbocycles. The molecule has 17 heavy (non-hydrogen) atoms. The number of hydrogen-bond donors (Lipinski definition) is 1. The fraction of sp³-hybridized carbons (Fsp3) is 0.500. The van der Waals surface area contributed by atoms with Gasteiger partial charge in [0.1, 0.15) is 0 Å². The highest BCUT2D eigenvalue weighted by molar-refractivity contribution is 7.91. The van der Waals surface area contributed by atoms with E-state index < -0.39 is 9.84 Å². The molecule has 1 saturated carbocycles. The topological polar surface area (TPSA) is 69.4 Å². The minimum absolute atomic E-state index is 0.166. The van der Waals surface area contributed by atoms with Gasteiger partial charge in [0.25, 0.3) is 0 Å². The molecule has 1 aromatic rings. The molecular formula is C12H17NO3S. The van der Waals surface area contributed by atoms with E-state index in [0.29, 0.717) is 18.2 Å². The molecule has 94 valence electrons. The molecule has 0 bridgehead atoms. The van der Waals surface area contributed by atoms with E-state index in [9.17, 15) is 8.42 Å². The highest BCUT2D eigenvalue weighted by Crippen LogP contribution is 2.29. The lowest BCUT2D eigenvalue weighted by molar-refractivity contribution is 0.165. The average Bonchev–Trinajstić information content (AvgIpc) is 3.00. The largest absolute Gasteiger partial charge is 0.398 e. The molecule has 0 aliphatic heterocycles. The standard InChI is InChI=1S/C12H17NO3S/c1-9-2-5-12(11(13)6-9)17(14,15)8-16-7-10-3-4-10/h2,5-6,10H,3-4,7-8,13H2,1H3. The minimum Gasteiger partial charge on any atom is -0.398 e. The van der Waals surface area contributed by atoms with E-state index >= 15 is 0 Å². The van der Waals surface area contributed by atoms with Gasteiger partial charge in [-0.1, -0.05) is 6.07 Å². The molecule has 4 nitrogen and oxygen atoms in total. The van der Waals surface area contributed by atoms with Crippen LogP contribution < -0.4 is 5.73 Å². The molecule has 0 saturated heterocycles. The fourth-order valence-electron chi connectivity index (χ4n) is 1.62. The van der Waals surface area contributed by atoms with Gasteiger partial charge in [0.05, 0.1) is 17.2 Å². The molecule has 1 aliphatic carbocycles. The first-order valence-electron chi connectivity index (χ1n) is 5.65. The highest BCUT2D eigenvalue weighted by atomic mass is 32.2. The number of aryl methyl sites for hydroxylation is 1. The summed E-state index contributed by atoms with van der Waals surface area (Å²) in [6.07, 6.45) is 2.29. The molecule has 0 radical (unpaired) electrons. The van der Waals surface area contributed by atoms with Crippen molar-refractivity contribution in [2.45, 2.75) is 24.7 Å². The lowest BCUT2D eigenvalue weighted by Gasteiger charge is -2.08. The van der Waals surface area contributed by atoms with Crippen LogP contribution in [-0.2, 0) is 14.6 Å². The second-order valence-electron chi connectivity index (χ2n) is 4.59. The number of anilines is 1. The normalized spacial score (nSPS) is 16.1. The van der Waals surface area contributed by atoms with E-state index in [1.165, 1.54) is 0 Å². The van der Waals surface area contributed by atoms with Crippen LogP contribution in [0.1, 0.15) is 18.4 Å². The van der Waals surface area contributed by atoms with Gasteiger partial charge in [0, 0.05) is 0 Å². The van der Waals surface area contributed by atoms with Gasteiger partial charge in [0.2, 0.25) is 9.84 Å². The first-order chi connectivity index (χ1) is 7.99. The summed E-state index contributed by atoms with van der Waals surface area (Å²) in [5, 5.41) is 0. The van der Waals surface area contributed by atoms with Crippen LogP contribution in [0.2, 0.25) is 0 Å². The van der Waals surface area contributed by atoms with Crippen LogP contribution in [-0.4, -0.2) is 21.0 Å². The zero-order valence-electron chi connectivity index (χ0n) is 9.85. The van der Waals surface area contributed by atoms with Gasteiger partial charge in [-0.3, -0.25) is 0 Å². The van der Waals surface area contributed by atoms with E-state index in [4.69, 9.17) is 10.5 Å². The van der Waals surface area contributed by atoms with E-state index in [0.717, 1.165) is 18.4 Å². The predicted molar refractivity (Wildman–Crippen MR) is 66.3 cm³/mol. The van der Waals surface area contributed by atoms with Crippen molar-refractivity contribution in [1.82, 2.24) is 0 Å². The summed E-state index contributed by atoms with van der Waals surface area (Å²) in [6, 6.07) is 4.94. The number of nitrogens with two attached hydrogens (primary N) is 1. The molecule has 1 fully saturated rings. The smallest absolute Gasteiger partial charge is 0.204 e. The van der Waals surface area contributed by atoms with Crippen molar-refractivity contribution in [3.05, 3.63) is 23.8 Å². The Morgan fingerprint density at radius 1 is 1.41 bits per heavy atom. The molecule has 2 rings (SSSR count). The molecule has 1 aliphatic rings. The van der Waals surface area contributed by atoms with Crippen molar-refractivity contribution in [1.29, 1.82) is 0 Å². The summed E-state index contributed by atoms with van der Waals surface area (Å²) in [5.74, 6) is 0.275. The van der Waals surface area contributed by atoms with Gasteiger partial charge in [-0.2, -0.15) is 0 Å². The average molecular weight is 255 g/mol.